The topological polar surface area (TPSA) is 47.9 Å². The van der Waals surface area contributed by atoms with E-state index in [1.165, 1.54) is 6.08 Å². The zero-order valence-electron chi connectivity index (χ0n) is 9.33. The Morgan fingerprint density at radius 3 is 3.00 bits per heavy atom. The largest absolute Gasteiger partial charge is 0.459 e. The van der Waals surface area contributed by atoms with Crippen LogP contribution in [0.2, 0.25) is 0 Å². The Morgan fingerprint density at radius 1 is 1.53 bits per heavy atom. The summed E-state index contributed by atoms with van der Waals surface area (Å²) < 4.78 is 4.90. The minimum atomic E-state index is -0.634. The molecule has 0 saturated carbocycles. The summed E-state index contributed by atoms with van der Waals surface area (Å²) in [5.41, 5.74) is 1.73. The molecule has 0 amide bonds. The number of oxime groups is 1. The van der Waals surface area contributed by atoms with Gasteiger partial charge in [0.05, 0.1) is 5.71 Å². The monoisotopic (exact) mass is 231 g/mol. The zero-order valence-corrected chi connectivity index (χ0v) is 9.33. The van der Waals surface area contributed by atoms with Crippen molar-refractivity contribution in [1.29, 1.82) is 0 Å². The van der Waals surface area contributed by atoms with E-state index in [4.69, 9.17) is 9.57 Å². The van der Waals surface area contributed by atoms with Crippen LogP contribution in [0, 0.1) is 0 Å². The van der Waals surface area contributed by atoms with Crippen molar-refractivity contribution >= 4 is 11.7 Å². The highest BCUT2D eigenvalue weighted by Crippen LogP contribution is 2.17. The van der Waals surface area contributed by atoms with Crippen LogP contribution in [-0.4, -0.2) is 24.4 Å². The van der Waals surface area contributed by atoms with Crippen molar-refractivity contribution in [2.75, 3.05) is 6.61 Å². The number of hydrogen-bond donors (Lipinski definition) is 0. The zero-order chi connectivity index (χ0) is 12.1. The van der Waals surface area contributed by atoms with E-state index < -0.39 is 12.1 Å². The molecular formula is C13H13NO3. The Kier molecular flexibility index (Phi) is 3.55. The third kappa shape index (κ3) is 2.72. The summed E-state index contributed by atoms with van der Waals surface area (Å²) in [6, 6.07) is 9.62. The Bertz CT molecular complexity index is 439. The molecule has 1 unspecified atom stereocenters. The van der Waals surface area contributed by atoms with Crippen LogP contribution in [0.1, 0.15) is 12.0 Å². The molecule has 0 spiro atoms. The van der Waals surface area contributed by atoms with Crippen molar-refractivity contribution in [3.63, 3.8) is 0 Å². The van der Waals surface area contributed by atoms with Crippen LogP contribution in [0.5, 0.6) is 0 Å². The first-order chi connectivity index (χ1) is 8.31. The molecule has 1 aromatic carbocycles. The van der Waals surface area contributed by atoms with Crippen molar-refractivity contribution in [2.24, 2.45) is 5.16 Å². The molecule has 4 nitrogen and oxygen atoms in total. The van der Waals surface area contributed by atoms with Gasteiger partial charge in [-0.25, -0.2) is 4.79 Å². The van der Waals surface area contributed by atoms with Crippen LogP contribution in [0.25, 0.3) is 0 Å². The molecule has 1 heterocycles. The van der Waals surface area contributed by atoms with Gasteiger partial charge in [0.15, 0.2) is 0 Å². The molecule has 4 heteroatoms. The van der Waals surface area contributed by atoms with Gasteiger partial charge in [0.1, 0.15) is 6.61 Å². The van der Waals surface area contributed by atoms with E-state index in [9.17, 15) is 4.79 Å². The van der Waals surface area contributed by atoms with Crippen LogP contribution < -0.4 is 0 Å². The summed E-state index contributed by atoms with van der Waals surface area (Å²) in [6.45, 7) is 3.67. The molecule has 88 valence electrons. The Labute approximate surface area is 99.5 Å². The predicted molar refractivity (Wildman–Crippen MR) is 63.6 cm³/mol. The van der Waals surface area contributed by atoms with Gasteiger partial charge < -0.3 is 9.57 Å². The van der Waals surface area contributed by atoms with E-state index in [0.717, 1.165) is 11.3 Å². The molecule has 0 fully saturated rings. The van der Waals surface area contributed by atoms with Gasteiger partial charge in [0, 0.05) is 6.42 Å². The van der Waals surface area contributed by atoms with Crippen molar-refractivity contribution in [1.82, 2.24) is 0 Å². The van der Waals surface area contributed by atoms with Crippen LogP contribution in [0.15, 0.2) is 48.1 Å². The highest BCUT2D eigenvalue weighted by molar-refractivity contribution is 6.03. The van der Waals surface area contributed by atoms with E-state index in [1.807, 2.05) is 30.3 Å². The molecule has 1 aliphatic heterocycles. The smallest absolute Gasteiger partial charge is 0.350 e. The summed E-state index contributed by atoms with van der Waals surface area (Å²) in [7, 11) is 0. The summed E-state index contributed by atoms with van der Waals surface area (Å²) in [4.78, 5) is 16.6. The average molecular weight is 231 g/mol. The van der Waals surface area contributed by atoms with Crippen LogP contribution in [0.3, 0.4) is 0 Å². The Balaban J connectivity index is 1.95. The maximum Gasteiger partial charge on any atom is 0.350 e. The molecule has 0 aromatic heterocycles. The molecule has 0 radical (unpaired) electrons. The highest BCUT2D eigenvalue weighted by Gasteiger charge is 2.29. The predicted octanol–water partition coefficient (Wildman–Crippen LogP) is 1.91. The van der Waals surface area contributed by atoms with Crippen LogP contribution >= 0.6 is 0 Å². The lowest BCUT2D eigenvalue weighted by atomic mass is 10.1. The molecule has 2 rings (SSSR count). The number of hydrogen-bond acceptors (Lipinski definition) is 4. The van der Waals surface area contributed by atoms with Gasteiger partial charge >= 0.3 is 5.97 Å². The lowest BCUT2D eigenvalue weighted by Gasteiger charge is -2.06. The van der Waals surface area contributed by atoms with E-state index in [0.29, 0.717) is 6.42 Å². The SMILES string of the molecule is C=CCOC(=O)C1CC(c2ccccc2)=NO1. The van der Waals surface area contributed by atoms with Crippen molar-refractivity contribution in [3.8, 4) is 0 Å². The first-order valence-corrected chi connectivity index (χ1v) is 5.37. The van der Waals surface area contributed by atoms with Crippen LogP contribution in [-0.2, 0) is 14.4 Å². The van der Waals surface area contributed by atoms with E-state index >= 15 is 0 Å². The van der Waals surface area contributed by atoms with Gasteiger partial charge in [-0.2, -0.15) is 0 Å². The van der Waals surface area contributed by atoms with E-state index in [1.54, 1.807) is 0 Å². The minimum absolute atomic E-state index is 0.194. The summed E-state index contributed by atoms with van der Waals surface area (Å²) in [5, 5.41) is 3.91. The fourth-order valence-electron chi connectivity index (χ4n) is 1.54. The Morgan fingerprint density at radius 2 is 2.29 bits per heavy atom. The second kappa shape index (κ2) is 5.30. The maximum absolute atomic E-state index is 11.5. The van der Waals surface area contributed by atoms with Crippen molar-refractivity contribution < 1.29 is 14.4 Å². The molecule has 0 bridgehead atoms. The van der Waals surface area contributed by atoms with Gasteiger partial charge in [-0.3, -0.25) is 0 Å². The quantitative estimate of drug-likeness (QED) is 0.587. The molecule has 17 heavy (non-hydrogen) atoms. The second-order valence-electron chi connectivity index (χ2n) is 3.62. The van der Waals surface area contributed by atoms with Gasteiger partial charge in [0.2, 0.25) is 6.10 Å². The van der Waals surface area contributed by atoms with E-state index in [2.05, 4.69) is 11.7 Å². The first-order valence-electron chi connectivity index (χ1n) is 5.37. The fourth-order valence-corrected chi connectivity index (χ4v) is 1.54. The number of nitrogens with zero attached hydrogens (tertiary/aromatic N) is 1. The summed E-state index contributed by atoms with van der Waals surface area (Å²) in [6.07, 6.45) is 1.33. The molecule has 0 N–H and O–H groups in total. The molecule has 0 saturated heterocycles. The van der Waals surface area contributed by atoms with Crippen molar-refractivity contribution in [2.45, 2.75) is 12.5 Å². The van der Waals surface area contributed by atoms with Gasteiger partial charge in [-0.15, -0.1) is 0 Å². The average Bonchev–Trinajstić information content (AvgIpc) is 2.86. The lowest BCUT2D eigenvalue weighted by Crippen LogP contribution is -2.23. The number of ether oxygens (including phenoxy) is 1. The summed E-state index contributed by atoms with van der Waals surface area (Å²) >= 11 is 0. The molecule has 1 atom stereocenters. The summed E-state index contributed by atoms with van der Waals surface area (Å²) in [5.74, 6) is -0.403. The molecule has 0 aliphatic carbocycles. The first kappa shape index (κ1) is 11.4. The van der Waals surface area contributed by atoms with Gasteiger partial charge in [0.25, 0.3) is 0 Å². The third-order valence-electron chi connectivity index (χ3n) is 2.38. The number of carbonyl (C=O) groups excluding carboxylic acids is 1. The highest BCUT2D eigenvalue weighted by atomic mass is 16.7. The van der Waals surface area contributed by atoms with Crippen LogP contribution in [0.4, 0.5) is 0 Å². The number of carbonyl (C=O) groups is 1. The van der Waals surface area contributed by atoms with E-state index in [-0.39, 0.29) is 6.61 Å². The normalized spacial score (nSPS) is 18.1. The molecular weight excluding hydrogens is 218 g/mol. The van der Waals surface area contributed by atoms with Gasteiger partial charge in [-0.05, 0) is 5.56 Å². The fraction of sp³-hybridized carbons (Fsp3) is 0.231. The lowest BCUT2D eigenvalue weighted by molar-refractivity contribution is -0.154. The maximum atomic E-state index is 11.5. The van der Waals surface area contributed by atoms with Gasteiger partial charge in [-0.1, -0.05) is 48.1 Å². The minimum Gasteiger partial charge on any atom is -0.459 e. The third-order valence-corrected chi connectivity index (χ3v) is 2.38. The second-order valence-corrected chi connectivity index (χ2v) is 3.62. The number of benzene rings is 1. The van der Waals surface area contributed by atoms with Crippen molar-refractivity contribution in [3.05, 3.63) is 48.6 Å². The number of rotatable bonds is 4. The molecule has 1 aromatic rings. The Hall–Kier alpha value is -2.10. The molecule has 1 aliphatic rings. The number of esters is 1. The standard InChI is InChI=1S/C13H13NO3/c1-2-8-16-13(15)12-9-11(14-17-12)10-6-4-3-5-7-10/h2-7,12H,1,8-9H2.